The van der Waals surface area contributed by atoms with Crippen molar-refractivity contribution < 1.29 is 14.4 Å². The second-order valence-electron chi connectivity index (χ2n) is 3.85. The highest BCUT2D eigenvalue weighted by atomic mass is 35.5. The number of carbonyl (C=O) groups excluding carboxylic acids is 3. The van der Waals surface area contributed by atoms with Gasteiger partial charge in [-0.25, -0.2) is 0 Å². The summed E-state index contributed by atoms with van der Waals surface area (Å²) < 4.78 is 0. The lowest BCUT2D eigenvalue weighted by molar-refractivity contribution is -0.137. The quantitative estimate of drug-likeness (QED) is 0.841. The minimum absolute atomic E-state index is 0.213. The van der Waals surface area contributed by atoms with E-state index in [0.29, 0.717) is 10.7 Å². The monoisotopic (exact) mass is 283 g/mol. The highest BCUT2D eigenvalue weighted by Crippen LogP contribution is 2.19. The van der Waals surface area contributed by atoms with Crippen LogP contribution in [0.5, 0.6) is 0 Å². The van der Waals surface area contributed by atoms with Crippen molar-refractivity contribution in [2.45, 2.75) is 0 Å². The van der Waals surface area contributed by atoms with Crippen LogP contribution in [0.2, 0.25) is 5.02 Å². The average Bonchev–Trinajstić information content (AvgIpc) is 2.32. The molecular formula is C12H10ClNO3S. The highest BCUT2D eigenvalue weighted by Gasteiger charge is 2.36. The molecule has 1 aromatic rings. The number of ketones is 2. The number of amides is 1. The lowest BCUT2D eigenvalue weighted by atomic mass is 9.99. The Labute approximate surface area is 113 Å². The number of Topliss-reactive ketones (excluding diaryl/α,β-unsaturated/α-hetero) is 2. The molecule has 1 amide bonds. The van der Waals surface area contributed by atoms with E-state index in [0.717, 1.165) is 0 Å². The van der Waals surface area contributed by atoms with E-state index in [9.17, 15) is 14.4 Å². The molecule has 1 saturated heterocycles. The fourth-order valence-corrected chi connectivity index (χ4v) is 2.60. The fourth-order valence-electron chi connectivity index (χ4n) is 1.64. The Hall–Kier alpha value is -1.33. The van der Waals surface area contributed by atoms with E-state index in [1.807, 2.05) is 0 Å². The molecule has 0 atom stereocenters. The van der Waals surface area contributed by atoms with Crippen molar-refractivity contribution in [1.82, 2.24) is 0 Å². The predicted octanol–water partition coefficient (Wildman–Crippen LogP) is 1.78. The molecule has 0 unspecified atom stereocenters. The lowest BCUT2D eigenvalue weighted by Crippen LogP contribution is -2.41. The van der Waals surface area contributed by atoms with Gasteiger partial charge in [-0.05, 0) is 24.3 Å². The van der Waals surface area contributed by atoms with Crippen LogP contribution in [0.4, 0.5) is 5.69 Å². The molecule has 1 aromatic carbocycles. The van der Waals surface area contributed by atoms with Crippen molar-refractivity contribution in [2.75, 3.05) is 16.8 Å². The molecule has 0 spiro atoms. The van der Waals surface area contributed by atoms with Gasteiger partial charge in [0.15, 0.2) is 17.5 Å². The number of hydrogen-bond donors (Lipinski definition) is 1. The molecule has 0 aliphatic carbocycles. The molecule has 1 fully saturated rings. The molecule has 0 aromatic heterocycles. The summed E-state index contributed by atoms with van der Waals surface area (Å²) in [6.45, 7) is 0. The van der Waals surface area contributed by atoms with Gasteiger partial charge in [0.1, 0.15) is 0 Å². The average molecular weight is 284 g/mol. The first-order chi connectivity index (χ1) is 8.58. The molecule has 1 heterocycles. The zero-order chi connectivity index (χ0) is 13.1. The Kier molecular flexibility index (Phi) is 4.04. The Morgan fingerprint density at radius 1 is 1.17 bits per heavy atom. The molecule has 0 saturated carbocycles. The van der Waals surface area contributed by atoms with Crippen molar-refractivity contribution in [1.29, 1.82) is 0 Å². The minimum Gasteiger partial charge on any atom is -0.325 e. The van der Waals surface area contributed by atoms with Crippen LogP contribution in [0, 0.1) is 5.92 Å². The highest BCUT2D eigenvalue weighted by molar-refractivity contribution is 8.00. The van der Waals surface area contributed by atoms with Gasteiger partial charge in [0.25, 0.3) is 0 Å². The molecule has 6 heteroatoms. The van der Waals surface area contributed by atoms with Crippen LogP contribution in [-0.2, 0) is 14.4 Å². The van der Waals surface area contributed by atoms with E-state index in [4.69, 9.17) is 11.6 Å². The number of thioether (sulfide) groups is 1. The zero-order valence-corrected chi connectivity index (χ0v) is 10.9. The smallest absolute Gasteiger partial charge is 0.242 e. The van der Waals surface area contributed by atoms with Crippen molar-refractivity contribution >= 4 is 46.5 Å². The zero-order valence-electron chi connectivity index (χ0n) is 9.31. The first kappa shape index (κ1) is 13.1. The Morgan fingerprint density at radius 2 is 1.72 bits per heavy atom. The predicted molar refractivity (Wildman–Crippen MR) is 70.9 cm³/mol. The number of carbonyl (C=O) groups is 3. The second kappa shape index (κ2) is 5.54. The number of halogens is 1. The lowest BCUT2D eigenvalue weighted by Gasteiger charge is -2.18. The molecule has 4 nitrogen and oxygen atoms in total. The maximum atomic E-state index is 11.9. The molecule has 0 radical (unpaired) electrons. The van der Waals surface area contributed by atoms with E-state index in [1.165, 1.54) is 11.8 Å². The van der Waals surface area contributed by atoms with Crippen molar-refractivity contribution in [3.63, 3.8) is 0 Å². The Balaban J connectivity index is 2.09. The van der Waals surface area contributed by atoms with Crippen molar-refractivity contribution in [3.8, 4) is 0 Å². The fraction of sp³-hybridized carbons (Fsp3) is 0.250. The third-order valence-electron chi connectivity index (χ3n) is 2.51. The molecular weight excluding hydrogens is 274 g/mol. The van der Waals surface area contributed by atoms with Crippen LogP contribution in [0.1, 0.15) is 0 Å². The van der Waals surface area contributed by atoms with Crippen LogP contribution < -0.4 is 5.32 Å². The van der Waals surface area contributed by atoms with E-state index in [-0.39, 0.29) is 23.1 Å². The summed E-state index contributed by atoms with van der Waals surface area (Å²) in [5, 5.41) is 3.10. The van der Waals surface area contributed by atoms with Gasteiger partial charge in [-0.15, -0.1) is 11.8 Å². The SMILES string of the molecule is O=C1CSCC(=O)C1C(=O)Nc1ccc(Cl)cc1. The number of benzene rings is 1. The van der Waals surface area contributed by atoms with Gasteiger partial charge < -0.3 is 5.32 Å². The third-order valence-corrected chi connectivity index (χ3v) is 3.74. The van der Waals surface area contributed by atoms with Gasteiger partial charge in [-0.2, -0.15) is 0 Å². The standard InChI is InChI=1S/C12H10ClNO3S/c13-7-1-3-8(4-2-7)14-12(17)11-9(15)5-18-6-10(11)16/h1-4,11H,5-6H2,(H,14,17). The molecule has 1 aliphatic rings. The first-order valence-corrected chi connectivity index (χ1v) is 6.81. The minimum atomic E-state index is -1.16. The molecule has 1 N–H and O–H groups in total. The van der Waals surface area contributed by atoms with Gasteiger partial charge >= 0.3 is 0 Å². The largest absolute Gasteiger partial charge is 0.325 e. The van der Waals surface area contributed by atoms with Gasteiger partial charge in [0.05, 0.1) is 11.5 Å². The van der Waals surface area contributed by atoms with Crippen molar-refractivity contribution in [3.05, 3.63) is 29.3 Å². The summed E-state index contributed by atoms with van der Waals surface area (Å²) in [5.74, 6) is -1.96. The number of rotatable bonds is 2. The maximum absolute atomic E-state index is 11.9. The van der Waals surface area contributed by atoms with E-state index in [2.05, 4.69) is 5.32 Å². The van der Waals surface area contributed by atoms with Gasteiger partial charge in [-0.1, -0.05) is 11.6 Å². The van der Waals surface area contributed by atoms with E-state index in [1.54, 1.807) is 24.3 Å². The summed E-state index contributed by atoms with van der Waals surface area (Å²) in [6, 6.07) is 6.48. The first-order valence-electron chi connectivity index (χ1n) is 5.27. The van der Waals surface area contributed by atoms with Crippen molar-refractivity contribution in [2.24, 2.45) is 5.92 Å². The van der Waals surface area contributed by atoms with Crippen LogP contribution >= 0.6 is 23.4 Å². The van der Waals surface area contributed by atoms with Gasteiger partial charge in [0.2, 0.25) is 5.91 Å². The number of anilines is 1. The molecule has 0 bridgehead atoms. The number of nitrogens with one attached hydrogen (secondary N) is 1. The molecule has 18 heavy (non-hydrogen) atoms. The van der Waals surface area contributed by atoms with E-state index >= 15 is 0 Å². The Morgan fingerprint density at radius 3 is 2.28 bits per heavy atom. The van der Waals surface area contributed by atoms with Crippen LogP contribution in [0.15, 0.2) is 24.3 Å². The van der Waals surface area contributed by atoms with Crippen LogP contribution in [-0.4, -0.2) is 29.0 Å². The Bertz CT molecular complexity index is 485. The topological polar surface area (TPSA) is 63.2 Å². The van der Waals surface area contributed by atoms with Gasteiger partial charge in [0, 0.05) is 10.7 Å². The third kappa shape index (κ3) is 2.91. The summed E-state index contributed by atoms with van der Waals surface area (Å²) in [6.07, 6.45) is 0. The summed E-state index contributed by atoms with van der Waals surface area (Å²) in [7, 11) is 0. The normalized spacial score (nSPS) is 16.7. The summed E-state index contributed by atoms with van der Waals surface area (Å²) in [5.41, 5.74) is 0.517. The summed E-state index contributed by atoms with van der Waals surface area (Å²) >= 11 is 6.96. The molecule has 1 aliphatic heterocycles. The van der Waals surface area contributed by atoms with Crippen LogP contribution in [0.25, 0.3) is 0 Å². The maximum Gasteiger partial charge on any atom is 0.242 e. The molecule has 94 valence electrons. The van der Waals surface area contributed by atoms with E-state index < -0.39 is 11.8 Å². The van der Waals surface area contributed by atoms with Gasteiger partial charge in [-0.3, -0.25) is 14.4 Å². The second-order valence-corrected chi connectivity index (χ2v) is 5.28. The number of hydrogen-bond acceptors (Lipinski definition) is 4. The van der Waals surface area contributed by atoms with Crippen LogP contribution in [0.3, 0.4) is 0 Å². The summed E-state index contributed by atoms with van der Waals surface area (Å²) in [4.78, 5) is 35.0. The molecule has 2 rings (SSSR count).